The molecule has 2 amide bonds. The molecule has 0 saturated carbocycles. The average Bonchev–Trinajstić information content (AvgIpc) is 3.09. The summed E-state index contributed by atoms with van der Waals surface area (Å²) in [6.45, 7) is 9.26. The van der Waals surface area contributed by atoms with Gasteiger partial charge in [0.25, 0.3) is 5.91 Å². The van der Waals surface area contributed by atoms with Crippen LogP contribution in [0.4, 0.5) is 5.69 Å². The van der Waals surface area contributed by atoms with E-state index >= 15 is 0 Å². The first-order valence-corrected chi connectivity index (χ1v) is 9.60. The number of aryl methyl sites for hydroxylation is 2. The maximum absolute atomic E-state index is 12.6. The number of hydrogen-bond acceptors (Lipinski definition) is 3. The van der Waals surface area contributed by atoms with Gasteiger partial charge in [-0.05, 0) is 57.0 Å². The Morgan fingerprint density at radius 1 is 1.07 bits per heavy atom. The lowest BCUT2D eigenvalue weighted by Gasteiger charge is -2.19. The molecule has 1 aromatic heterocycles. The number of furan rings is 1. The smallest absolute Gasteiger partial charge is 0.253 e. The quantitative estimate of drug-likeness (QED) is 0.675. The van der Waals surface area contributed by atoms with Crippen LogP contribution in [0.15, 0.2) is 47.1 Å². The standard InChI is InChI=1S/C23H26N2O3/c1-5-25(6-2)23(27)17-8-7-9-19(12-17)24-21(26)13-18-14-28-22-16(4)15(3)10-11-20(18)22/h7-12,14H,5-6,13H2,1-4H3,(H,24,26). The van der Waals surface area contributed by atoms with Crippen molar-refractivity contribution in [1.82, 2.24) is 4.90 Å². The second kappa shape index (κ2) is 8.30. The Labute approximate surface area is 165 Å². The summed E-state index contributed by atoms with van der Waals surface area (Å²) >= 11 is 0. The summed E-state index contributed by atoms with van der Waals surface area (Å²) in [7, 11) is 0. The van der Waals surface area contributed by atoms with Crippen molar-refractivity contribution >= 4 is 28.5 Å². The summed E-state index contributed by atoms with van der Waals surface area (Å²) in [4.78, 5) is 26.8. The highest BCUT2D eigenvalue weighted by atomic mass is 16.3. The number of benzene rings is 2. The molecule has 0 bridgehead atoms. The minimum atomic E-state index is -0.145. The van der Waals surface area contributed by atoms with Gasteiger partial charge < -0.3 is 14.6 Å². The molecule has 0 aliphatic heterocycles. The third-order valence-corrected chi connectivity index (χ3v) is 5.14. The van der Waals surface area contributed by atoms with E-state index in [1.165, 1.54) is 0 Å². The molecule has 0 unspecified atom stereocenters. The van der Waals surface area contributed by atoms with Gasteiger partial charge in [-0.25, -0.2) is 0 Å². The zero-order valence-corrected chi connectivity index (χ0v) is 16.8. The van der Waals surface area contributed by atoms with Crippen LogP contribution in [-0.4, -0.2) is 29.8 Å². The van der Waals surface area contributed by atoms with E-state index in [1.54, 1.807) is 35.4 Å². The van der Waals surface area contributed by atoms with Crippen LogP contribution in [0.5, 0.6) is 0 Å². The van der Waals surface area contributed by atoms with Crippen molar-refractivity contribution in [3.63, 3.8) is 0 Å². The largest absolute Gasteiger partial charge is 0.464 e. The van der Waals surface area contributed by atoms with Crippen molar-refractivity contribution < 1.29 is 14.0 Å². The van der Waals surface area contributed by atoms with E-state index in [4.69, 9.17) is 4.42 Å². The monoisotopic (exact) mass is 378 g/mol. The van der Waals surface area contributed by atoms with E-state index in [1.807, 2.05) is 39.8 Å². The summed E-state index contributed by atoms with van der Waals surface area (Å²) in [5, 5.41) is 3.85. The number of nitrogens with one attached hydrogen (secondary N) is 1. The average molecular weight is 378 g/mol. The van der Waals surface area contributed by atoms with Crippen LogP contribution < -0.4 is 5.32 Å². The summed E-state index contributed by atoms with van der Waals surface area (Å²) in [6.07, 6.45) is 1.86. The highest BCUT2D eigenvalue weighted by molar-refractivity contribution is 5.98. The number of amides is 2. The van der Waals surface area contributed by atoms with Crippen LogP contribution in [0.2, 0.25) is 0 Å². The summed E-state index contributed by atoms with van der Waals surface area (Å²) in [5.74, 6) is -0.180. The summed E-state index contributed by atoms with van der Waals surface area (Å²) in [6, 6.07) is 11.1. The van der Waals surface area contributed by atoms with Crippen LogP contribution in [-0.2, 0) is 11.2 Å². The highest BCUT2D eigenvalue weighted by Crippen LogP contribution is 2.27. The second-order valence-electron chi connectivity index (χ2n) is 6.93. The van der Waals surface area contributed by atoms with E-state index in [0.29, 0.717) is 24.3 Å². The van der Waals surface area contributed by atoms with Gasteiger partial charge in [-0.1, -0.05) is 18.2 Å². The summed E-state index contributed by atoms with van der Waals surface area (Å²) < 4.78 is 5.68. The van der Waals surface area contributed by atoms with Gasteiger partial charge in [0.05, 0.1) is 12.7 Å². The van der Waals surface area contributed by atoms with Crippen molar-refractivity contribution in [2.75, 3.05) is 18.4 Å². The van der Waals surface area contributed by atoms with E-state index < -0.39 is 0 Å². The lowest BCUT2D eigenvalue weighted by atomic mass is 10.0. The number of carbonyl (C=O) groups is 2. The fourth-order valence-corrected chi connectivity index (χ4v) is 3.33. The zero-order chi connectivity index (χ0) is 20.3. The topological polar surface area (TPSA) is 62.6 Å². The highest BCUT2D eigenvalue weighted by Gasteiger charge is 2.15. The van der Waals surface area contributed by atoms with Gasteiger partial charge in [-0.15, -0.1) is 0 Å². The minimum Gasteiger partial charge on any atom is -0.464 e. The number of anilines is 1. The molecule has 28 heavy (non-hydrogen) atoms. The molecule has 3 aromatic rings. The van der Waals surface area contributed by atoms with E-state index in [9.17, 15) is 9.59 Å². The molecule has 1 N–H and O–H groups in total. The Balaban J connectivity index is 1.75. The zero-order valence-electron chi connectivity index (χ0n) is 16.8. The molecular formula is C23H26N2O3. The van der Waals surface area contributed by atoms with Gasteiger partial charge in [-0.3, -0.25) is 9.59 Å². The third kappa shape index (κ3) is 3.93. The number of nitrogens with zero attached hydrogens (tertiary/aromatic N) is 1. The molecule has 1 heterocycles. The fourth-order valence-electron chi connectivity index (χ4n) is 3.33. The molecule has 0 saturated heterocycles. The van der Waals surface area contributed by atoms with Crippen LogP contribution in [0, 0.1) is 13.8 Å². The van der Waals surface area contributed by atoms with Crippen molar-refractivity contribution in [3.8, 4) is 0 Å². The van der Waals surface area contributed by atoms with Crippen LogP contribution >= 0.6 is 0 Å². The number of carbonyl (C=O) groups excluding carboxylic acids is 2. The van der Waals surface area contributed by atoms with Crippen molar-refractivity contribution in [1.29, 1.82) is 0 Å². The summed E-state index contributed by atoms with van der Waals surface area (Å²) in [5.41, 5.74) is 5.11. The van der Waals surface area contributed by atoms with Gasteiger partial charge in [0.15, 0.2) is 0 Å². The Hall–Kier alpha value is -3.08. The van der Waals surface area contributed by atoms with E-state index in [2.05, 4.69) is 5.32 Å². The molecule has 5 heteroatoms. The molecule has 0 atom stereocenters. The van der Waals surface area contributed by atoms with Crippen LogP contribution in [0.1, 0.15) is 40.9 Å². The number of hydrogen-bond donors (Lipinski definition) is 1. The van der Waals surface area contributed by atoms with Gasteiger partial charge >= 0.3 is 0 Å². The van der Waals surface area contributed by atoms with Crippen molar-refractivity contribution in [2.24, 2.45) is 0 Å². The predicted molar refractivity (Wildman–Crippen MR) is 112 cm³/mol. The Morgan fingerprint density at radius 2 is 1.82 bits per heavy atom. The van der Waals surface area contributed by atoms with Gasteiger partial charge in [0, 0.05) is 35.3 Å². The maximum atomic E-state index is 12.6. The minimum absolute atomic E-state index is 0.0345. The number of fused-ring (bicyclic) bond motifs is 1. The Morgan fingerprint density at radius 3 is 2.54 bits per heavy atom. The molecule has 0 aliphatic carbocycles. The first-order chi connectivity index (χ1) is 13.4. The van der Waals surface area contributed by atoms with E-state index in [0.717, 1.165) is 27.7 Å². The van der Waals surface area contributed by atoms with Gasteiger partial charge in [-0.2, -0.15) is 0 Å². The van der Waals surface area contributed by atoms with E-state index in [-0.39, 0.29) is 18.2 Å². The van der Waals surface area contributed by atoms with Crippen LogP contribution in [0.25, 0.3) is 11.0 Å². The SMILES string of the molecule is CCN(CC)C(=O)c1cccc(NC(=O)Cc2coc3c(C)c(C)ccc23)c1. The Bertz CT molecular complexity index is 1020. The van der Waals surface area contributed by atoms with Crippen molar-refractivity contribution in [2.45, 2.75) is 34.1 Å². The first kappa shape index (κ1) is 19.7. The van der Waals surface area contributed by atoms with Crippen LogP contribution in [0.3, 0.4) is 0 Å². The molecule has 2 aromatic carbocycles. The van der Waals surface area contributed by atoms with Gasteiger partial charge in [0.1, 0.15) is 5.58 Å². The molecular weight excluding hydrogens is 352 g/mol. The third-order valence-electron chi connectivity index (χ3n) is 5.14. The molecule has 0 radical (unpaired) electrons. The van der Waals surface area contributed by atoms with Gasteiger partial charge in [0.2, 0.25) is 5.91 Å². The fraction of sp³-hybridized carbons (Fsp3) is 0.304. The molecule has 0 fully saturated rings. The normalized spacial score (nSPS) is 10.9. The Kier molecular flexibility index (Phi) is 5.83. The maximum Gasteiger partial charge on any atom is 0.253 e. The number of rotatable bonds is 6. The molecule has 3 rings (SSSR count). The molecule has 146 valence electrons. The molecule has 0 spiro atoms. The predicted octanol–water partition coefficient (Wildman–Crippen LogP) is 4.71. The van der Waals surface area contributed by atoms with Crippen molar-refractivity contribution in [3.05, 3.63) is 64.9 Å². The molecule has 5 nitrogen and oxygen atoms in total. The first-order valence-electron chi connectivity index (χ1n) is 9.60. The lowest BCUT2D eigenvalue weighted by Crippen LogP contribution is -2.30. The second-order valence-corrected chi connectivity index (χ2v) is 6.93. The lowest BCUT2D eigenvalue weighted by molar-refractivity contribution is -0.115. The molecule has 0 aliphatic rings.